The number of amides is 1. The molecule has 0 atom stereocenters. The summed E-state index contributed by atoms with van der Waals surface area (Å²) < 4.78 is 48.0. The Kier molecular flexibility index (Phi) is 7.01. The predicted molar refractivity (Wildman–Crippen MR) is 126 cm³/mol. The molecule has 0 aliphatic heterocycles. The Balaban J connectivity index is 1.87. The Morgan fingerprint density at radius 3 is 2.37 bits per heavy atom. The van der Waals surface area contributed by atoms with Gasteiger partial charge in [-0.05, 0) is 48.4 Å². The Morgan fingerprint density at radius 2 is 1.69 bits per heavy atom. The molecule has 0 unspecified atom stereocenters. The number of benzene rings is 3. The van der Waals surface area contributed by atoms with E-state index < -0.39 is 29.3 Å². The molecule has 4 rings (SSSR count). The quantitative estimate of drug-likeness (QED) is 0.329. The summed E-state index contributed by atoms with van der Waals surface area (Å²) in [7, 11) is 0. The molecule has 0 spiro atoms. The Morgan fingerprint density at radius 1 is 0.914 bits per heavy atom. The van der Waals surface area contributed by atoms with Gasteiger partial charge in [0.25, 0.3) is 5.91 Å². The van der Waals surface area contributed by atoms with Crippen molar-refractivity contribution in [3.8, 4) is 11.1 Å². The highest BCUT2D eigenvalue weighted by Gasteiger charge is 2.26. The third kappa shape index (κ3) is 5.27. The summed E-state index contributed by atoms with van der Waals surface area (Å²) in [6.07, 6.45) is 1.62. The maximum atomic E-state index is 14.1. The van der Waals surface area contributed by atoms with Crippen molar-refractivity contribution in [3.63, 3.8) is 0 Å². The molecule has 1 aromatic heterocycles. The van der Waals surface area contributed by atoms with Gasteiger partial charge in [-0.1, -0.05) is 42.5 Å². The maximum Gasteiger partial charge on any atom is 0.357 e. The summed E-state index contributed by atoms with van der Waals surface area (Å²) in [6, 6.07) is 17.7. The van der Waals surface area contributed by atoms with Crippen LogP contribution in [0.2, 0.25) is 0 Å². The lowest BCUT2D eigenvalue weighted by Gasteiger charge is -2.12. The van der Waals surface area contributed by atoms with E-state index in [1.807, 2.05) is 30.3 Å². The summed E-state index contributed by atoms with van der Waals surface area (Å²) in [5.41, 5.74) is 1.59. The largest absolute Gasteiger partial charge is 0.461 e. The van der Waals surface area contributed by atoms with Gasteiger partial charge in [0.1, 0.15) is 5.82 Å². The topological polar surface area (TPSA) is 60.3 Å². The molecule has 5 nitrogen and oxygen atoms in total. The number of ether oxygens (including phenoxy) is 1. The lowest BCUT2D eigenvalue weighted by Crippen LogP contribution is -2.18. The van der Waals surface area contributed by atoms with Gasteiger partial charge >= 0.3 is 5.97 Å². The van der Waals surface area contributed by atoms with E-state index in [2.05, 4.69) is 5.32 Å². The molecule has 0 saturated heterocycles. The summed E-state index contributed by atoms with van der Waals surface area (Å²) in [4.78, 5) is 26.0. The second-order valence-electron chi connectivity index (χ2n) is 7.69. The fourth-order valence-corrected chi connectivity index (χ4v) is 3.70. The molecule has 1 amide bonds. The van der Waals surface area contributed by atoms with Crippen molar-refractivity contribution in [2.75, 3.05) is 11.9 Å². The van der Waals surface area contributed by atoms with Crippen LogP contribution >= 0.6 is 0 Å². The van der Waals surface area contributed by atoms with Crippen LogP contribution < -0.4 is 5.32 Å². The normalized spacial score (nSPS) is 10.7. The van der Waals surface area contributed by atoms with E-state index >= 15 is 0 Å². The Labute approximate surface area is 199 Å². The number of hydrogen-bond donors (Lipinski definition) is 1. The SMILES string of the molecule is CCOC(=O)c1c(NC(=O)c2ccc(F)c(F)c2)c(-c2cccc(F)c2)cn1Cc1ccccc1. The first-order chi connectivity index (χ1) is 16.9. The standard InChI is InChI=1S/C27H21F3N2O3/c1-2-35-27(34)25-24(31-26(33)19-11-12-22(29)23(30)14-19)21(18-9-6-10-20(28)13-18)16-32(25)15-17-7-4-3-5-8-17/h3-14,16H,2,15H2,1H3,(H,31,33). The lowest BCUT2D eigenvalue weighted by molar-refractivity contribution is 0.0515. The number of hydrogen-bond acceptors (Lipinski definition) is 3. The van der Waals surface area contributed by atoms with Gasteiger partial charge in [-0.15, -0.1) is 0 Å². The van der Waals surface area contributed by atoms with Crippen LogP contribution in [0.25, 0.3) is 11.1 Å². The van der Waals surface area contributed by atoms with Crippen LogP contribution in [0.3, 0.4) is 0 Å². The molecule has 1 heterocycles. The average molecular weight is 478 g/mol. The zero-order valence-electron chi connectivity index (χ0n) is 18.7. The summed E-state index contributed by atoms with van der Waals surface area (Å²) in [5.74, 6) is -4.26. The number of halogens is 3. The van der Waals surface area contributed by atoms with Crippen molar-refractivity contribution in [1.82, 2.24) is 4.57 Å². The Hall–Kier alpha value is -4.33. The average Bonchev–Trinajstić information content (AvgIpc) is 3.19. The van der Waals surface area contributed by atoms with Gasteiger partial charge in [0.2, 0.25) is 0 Å². The first-order valence-electron chi connectivity index (χ1n) is 10.8. The van der Waals surface area contributed by atoms with Crippen molar-refractivity contribution in [1.29, 1.82) is 0 Å². The van der Waals surface area contributed by atoms with E-state index in [0.29, 0.717) is 11.1 Å². The van der Waals surface area contributed by atoms with Crippen LogP contribution in [0.1, 0.15) is 33.3 Å². The molecule has 4 aromatic rings. The first-order valence-corrected chi connectivity index (χ1v) is 10.8. The highest BCUT2D eigenvalue weighted by molar-refractivity contribution is 6.10. The highest BCUT2D eigenvalue weighted by atomic mass is 19.2. The fourth-order valence-electron chi connectivity index (χ4n) is 3.70. The minimum absolute atomic E-state index is 0.0332. The maximum absolute atomic E-state index is 14.1. The third-order valence-corrected chi connectivity index (χ3v) is 5.30. The van der Waals surface area contributed by atoms with Crippen LogP contribution in [0.5, 0.6) is 0 Å². The molecule has 35 heavy (non-hydrogen) atoms. The minimum Gasteiger partial charge on any atom is -0.461 e. The van der Waals surface area contributed by atoms with Crippen LogP contribution in [-0.4, -0.2) is 23.1 Å². The molecular formula is C27H21F3N2O3. The lowest BCUT2D eigenvalue weighted by atomic mass is 10.1. The van der Waals surface area contributed by atoms with Crippen LogP contribution in [0, 0.1) is 17.5 Å². The second kappa shape index (κ2) is 10.3. The van der Waals surface area contributed by atoms with E-state index in [-0.39, 0.29) is 30.1 Å². The summed E-state index contributed by atoms with van der Waals surface area (Å²) >= 11 is 0. The monoisotopic (exact) mass is 478 g/mol. The summed E-state index contributed by atoms with van der Waals surface area (Å²) in [6.45, 7) is 2.00. The number of nitrogens with zero attached hydrogens (tertiary/aromatic N) is 1. The Bertz CT molecular complexity index is 1380. The highest BCUT2D eigenvalue weighted by Crippen LogP contribution is 2.35. The van der Waals surface area contributed by atoms with Crippen LogP contribution in [-0.2, 0) is 11.3 Å². The molecule has 1 N–H and O–H groups in total. The number of aromatic nitrogens is 1. The smallest absolute Gasteiger partial charge is 0.357 e. The number of carbonyl (C=O) groups is 2. The fraction of sp³-hybridized carbons (Fsp3) is 0.111. The minimum atomic E-state index is -1.18. The molecule has 0 bridgehead atoms. The van der Waals surface area contributed by atoms with Crippen LogP contribution in [0.4, 0.5) is 18.9 Å². The van der Waals surface area contributed by atoms with Crippen molar-refractivity contribution in [2.45, 2.75) is 13.5 Å². The molecule has 8 heteroatoms. The third-order valence-electron chi connectivity index (χ3n) is 5.30. The van der Waals surface area contributed by atoms with Gasteiger partial charge in [0.15, 0.2) is 17.3 Å². The van der Waals surface area contributed by atoms with Crippen molar-refractivity contribution in [3.05, 3.63) is 113 Å². The van der Waals surface area contributed by atoms with Crippen molar-refractivity contribution >= 4 is 17.6 Å². The number of carbonyl (C=O) groups excluding carboxylic acids is 2. The van der Waals surface area contributed by atoms with Crippen LogP contribution in [0.15, 0.2) is 79.0 Å². The van der Waals surface area contributed by atoms with E-state index in [4.69, 9.17) is 4.74 Å². The van der Waals surface area contributed by atoms with Gasteiger partial charge in [-0.3, -0.25) is 4.79 Å². The number of nitrogens with one attached hydrogen (secondary N) is 1. The van der Waals surface area contributed by atoms with Gasteiger partial charge in [-0.25, -0.2) is 18.0 Å². The number of esters is 1. The zero-order valence-corrected chi connectivity index (χ0v) is 18.7. The van der Waals surface area contributed by atoms with Gasteiger partial charge in [0.05, 0.1) is 12.3 Å². The summed E-state index contributed by atoms with van der Waals surface area (Å²) in [5, 5.41) is 2.63. The van der Waals surface area contributed by atoms with Gasteiger partial charge < -0.3 is 14.6 Å². The molecular weight excluding hydrogens is 457 g/mol. The molecule has 0 fully saturated rings. The van der Waals surface area contributed by atoms with Crippen molar-refractivity contribution < 1.29 is 27.5 Å². The molecule has 0 aliphatic rings. The molecule has 0 saturated carbocycles. The molecule has 0 radical (unpaired) electrons. The van der Waals surface area contributed by atoms with E-state index in [0.717, 1.165) is 23.8 Å². The second-order valence-corrected chi connectivity index (χ2v) is 7.69. The zero-order chi connectivity index (χ0) is 24.9. The van der Waals surface area contributed by atoms with E-state index in [1.165, 1.54) is 18.2 Å². The number of anilines is 1. The molecule has 0 aliphatic carbocycles. The molecule has 3 aromatic carbocycles. The van der Waals surface area contributed by atoms with Gasteiger partial charge in [0, 0.05) is 23.9 Å². The first kappa shape index (κ1) is 23.8. The van der Waals surface area contributed by atoms with E-state index in [1.54, 1.807) is 23.8 Å². The number of rotatable bonds is 7. The van der Waals surface area contributed by atoms with E-state index in [9.17, 15) is 22.8 Å². The predicted octanol–water partition coefficient (Wildman–Crippen LogP) is 6.05. The molecule has 178 valence electrons. The van der Waals surface area contributed by atoms with Gasteiger partial charge in [-0.2, -0.15) is 0 Å². The van der Waals surface area contributed by atoms with Crippen molar-refractivity contribution in [2.24, 2.45) is 0 Å².